The molecule has 0 aliphatic carbocycles. The van der Waals surface area contributed by atoms with E-state index in [1.807, 2.05) is 0 Å². The van der Waals surface area contributed by atoms with Gasteiger partial charge >= 0.3 is 0 Å². The summed E-state index contributed by atoms with van der Waals surface area (Å²) in [4.78, 5) is 22.7. The first-order chi connectivity index (χ1) is 14.4. The maximum absolute atomic E-state index is 11.3. The Hall–Kier alpha value is -1.04. The van der Waals surface area contributed by atoms with Gasteiger partial charge in [0.2, 0.25) is 0 Å². The minimum atomic E-state index is -1.47. The summed E-state index contributed by atoms with van der Waals surface area (Å²) >= 11 is 0. The Bertz CT molecular complexity index is 440. The zero-order valence-electron chi connectivity index (χ0n) is 19.6. The number of carbonyl (C=O) groups excluding carboxylic acids is 2. The number of unbranched alkanes of at least 4 members (excludes halogenated alkanes) is 12. The molecule has 5 heteroatoms. The molecule has 0 aliphatic heterocycles. The molecule has 0 spiro atoms. The molecule has 0 amide bonds. The van der Waals surface area contributed by atoms with Gasteiger partial charge in [-0.15, -0.1) is 0 Å². The first-order valence-electron chi connectivity index (χ1n) is 12.0. The lowest BCUT2D eigenvalue weighted by Crippen LogP contribution is -2.46. The van der Waals surface area contributed by atoms with Crippen LogP contribution in [0.25, 0.3) is 0 Å². The van der Waals surface area contributed by atoms with Gasteiger partial charge in [-0.05, 0) is 46.0 Å². The molecule has 30 heavy (non-hydrogen) atoms. The van der Waals surface area contributed by atoms with E-state index in [0.717, 1.165) is 25.7 Å². The molecule has 176 valence electrons. The Morgan fingerprint density at radius 3 is 1.53 bits per heavy atom. The highest BCUT2D eigenvalue weighted by molar-refractivity contribution is 5.85. The molecule has 2 unspecified atom stereocenters. The maximum atomic E-state index is 11.3. The third kappa shape index (κ3) is 15.8. The average Bonchev–Trinajstić information content (AvgIpc) is 2.72. The molecule has 0 aromatic heterocycles. The van der Waals surface area contributed by atoms with Crippen molar-refractivity contribution in [1.82, 2.24) is 0 Å². The van der Waals surface area contributed by atoms with E-state index in [4.69, 9.17) is 4.74 Å². The first-order valence-corrected chi connectivity index (χ1v) is 12.0. The lowest BCUT2D eigenvalue weighted by molar-refractivity contribution is -0.151. The Labute approximate surface area is 184 Å². The Morgan fingerprint density at radius 1 is 0.700 bits per heavy atom. The van der Waals surface area contributed by atoms with Gasteiger partial charge in [0.05, 0.1) is 0 Å². The number of allylic oxidation sites excluding steroid dienone is 2. The van der Waals surface area contributed by atoms with Crippen molar-refractivity contribution in [2.24, 2.45) is 0 Å². The number of ether oxygens (including phenoxy) is 1. The number of hydrogen-bond acceptors (Lipinski definition) is 5. The van der Waals surface area contributed by atoms with Gasteiger partial charge in [-0.2, -0.15) is 0 Å². The number of aliphatic hydroxyl groups excluding tert-OH is 2. The lowest BCUT2D eigenvalue weighted by Gasteiger charge is -2.24. The van der Waals surface area contributed by atoms with Crippen LogP contribution < -0.4 is 0 Å². The van der Waals surface area contributed by atoms with Crippen molar-refractivity contribution < 1.29 is 24.5 Å². The van der Waals surface area contributed by atoms with Crippen molar-refractivity contribution in [3.8, 4) is 0 Å². The van der Waals surface area contributed by atoms with E-state index in [1.54, 1.807) is 0 Å². The van der Waals surface area contributed by atoms with Gasteiger partial charge in [0, 0.05) is 6.61 Å². The van der Waals surface area contributed by atoms with E-state index >= 15 is 0 Å². The fourth-order valence-corrected chi connectivity index (χ4v) is 3.39. The normalized spacial score (nSPS) is 14.7. The molecule has 0 saturated carbocycles. The summed E-state index contributed by atoms with van der Waals surface area (Å²) in [6.07, 6.45) is 17.5. The smallest absolute Gasteiger partial charge is 0.161 e. The van der Waals surface area contributed by atoms with Crippen LogP contribution in [0.4, 0.5) is 0 Å². The second kappa shape index (κ2) is 19.9. The molecule has 0 aromatic carbocycles. The molecular weight excluding hydrogens is 380 g/mol. The van der Waals surface area contributed by atoms with Gasteiger partial charge < -0.3 is 14.9 Å². The van der Waals surface area contributed by atoms with Crippen molar-refractivity contribution in [3.05, 3.63) is 12.2 Å². The van der Waals surface area contributed by atoms with Crippen molar-refractivity contribution in [2.75, 3.05) is 6.61 Å². The van der Waals surface area contributed by atoms with Crippen LogP contribution in [0.5, 0.6) is 0 Å². The third-order valence-corrected chi connectivity index (χ3v) is 5.42. The molecule has 0 aliphatic rings. The number of carbonyl (C=O) groups is 2. The molecular formula is C25H46O5. The summed E-state index contributed by atoms with van der Waals surface area (Å²) in [5.74, 6) is -1.03. The van der Waals surface area contributed by atoms with E-state index in [1.165, 1.54) is 78.1 Å². The largest absolute Gasteiger partial charge is 0.382 e. The standard InChI is InChI=1S/C25H46O5/c1-4-5-6-7-8-9-10-11-12-13-14-15-16-17-18-19-20-30-25(23(28)21(2)26)24(29)22(3)27/h11-12,23-25,28-29H,4-10,13-20H2,1-3H3/b12-11-. The van der Waals surface area contributed by atoms with E-state index in [2.05, 4.69) is 19.1 Å². The van der Waals surface area contributed by atoms with Gasteiger partial charge in [-0.3, -0.25) is 9.59 Å². The quantitative estimate of drug-likeness (QED) is 0.192. The van der Waals surface area contributed by atoms with Crippen LogP contribution in [-0.4, -0.2) is 46.7 Å². The van der Waals surface area contributed by atoms with Gasteiger partial charge in [0.25, 0.3) is 0 Å². The summed E-state index contributed by atoms with van der Waals surface area (Å²) in [5.41, 5.74) is 0. The van der Waals surface area contributed by atoms with Gasteiger partial charge in [-0.1, -0.05) is 76.9 Å². The van der Waals surface area contributed by atoms with Crippen LogP contribution in [0.15, 0.2) is 12.2 Å². The molecule has 5 nitrogen and oxygen atoms in total. The monoisotopic (exact) mass is 426 g/mol. The number of ketones is 2. The second-order valence-electron chi connectivity index (χ2n) is 8.38. The van der Waals surface area contributed by atoms with E-state index in [-0.39, 0.29) is 0 Å². The van der Waals surface area contributed by atoms with Crippen LogP contribution >= 0.6 is 0 Å². The van der Waals surface area contributed by atoms with Gasteiger partial charge in [-0.25, -0.2) is 0 Å². The minimum absolute atomic E-state index is 0.320. The Morgan fingerprint density at radius 2 is 1.10 bits per heavy atom. The number of Topliss-reactive ketones (excluding diaryl/α,β-unsaturated/α-hetero) is 2. The van der Waals surface area contributed by atoms with Crippen molar-refractivity contribution in [3.63, 3.8) is 0 Å². The van der Waals surface area contributed by atoms with E-state index < -0.39 is 29.9 Å². The van der Waals surface area contributed by atoms with Crippen molar-refractivity contribution in [2.45, 2.75) is 129 Å². The molecule has 0 aromatic rings. The highest BCUT2D eigenvalue weighted by Gasteiger charge is 2.33. The number of hydrogen-bond donors (Lipinski definition) is 2. The van der Waals surface area contributed by atoms with Crippen LogP contribution in [0.1, 0.15) is 111 Å². The predicted molar refractivity (Wildman–Crippen MR) is 123 cm³/mol. The first kappa shape index (κ1) is 29.0. The zero-order chi connectivity index (χ0) is 22.6. The molecule has 0 radical (unpaired) electrons. The number of rotatable bonds is 21. The third-order valence-electron chi connectivity index (χ3n) is 5.42. The summed E-state index contributed by atoms with van der Waals surface area (Å²) < 4.78 is 5.46. The fraction of sp³-hybridized carbons (Fsp3) is 0.840. The molecule has 2 atom stereocenters. The molecule has 2 N–H and O–H groups in total. The summed E-state index contributed by atoms with van der Waals surface area (Å²) in [5, 5.41) is 19.7. The predicted octanol–water partition coefficient (Wildman–Crippen LogP) is 5.31. The highest BCUT2D eigenvalue weighted by atomic mass is 16.5. The average molecular weight is 427 g/mol. The molecule has 0 heterocycles. The summed E-state index contributed by atoms with van der Waals surface area (Å²) in [6, 6.07) is 0. The molecule has 0 fully saturated rings. The summed E-state index contributed by atoms with van der Waals surface area (Å²) in [7, 11) is 0. The topological polar surface area (TPSA) is 83.8 Å². The van der Waals surface area contributed by atoms with Crippen molar-refractivity contribution in [1.29, 1.82) is 0 Å². The molecule has 0 rings (SSSR count). The second-order valence-corrected chi connectivity index (χ2v) is 8.38. The molecule has 0 saturated heterocycles. The Kier molecular flexibility index (Phi) is 19.2. The van der Waals surface area contributed by atoms with Crippen molar-refractivity contribution >= 4 is 11.6 Å². The number of aliphatic hydroxyl groups is 2. The fourth-order valence-electron chi connectivity index (χ4n) is 3.39. The van der Waals surface area contributed by atoms with E-state index in [0.29, 0.717) is 6.61 Å². The van der Waals surface area contributed by atoms with Crippen LogP contribution in [0.3, 0.4) is 0 Å². The van der Waals surface area contributed by atoms with E-state index in [9.17, 15) is 19.8 Å². The van der Waals surface area contributed by atoms with Crippen LogP contribution in [0.2, 0.25) is 0 Å². The van der Waals surface area contributed by atoms with Crippen LogP contribution in [-0.2, 0) is 14.3 Å². The van der Waals surface area contributed by atoms with Crippen LogP contribution in [0, 0.1) is 0 Å². The highest BCUT2D eigenvalue weighted by Crippen LogP contribution is 2.12. The minimum Gasteiger partial charge on any atom is -0.382 e. The summed E-state index contributed by atoms with van der Waals surface area (Å²) in [6.45, 7) is 5.01. The lowest BCUT2D eigenvalue weighted by atomic mass is 10.0. The zero-order valence-corrected chi connectivity index (χ0v) is 19.6. The Balaban J connectivity index is 3.63. The maximum Gasteiger partial charge on any atom is 0.161 e. The molecule has 0 bridgehead atoms. The van der Waals surface area contributed by atoms with Gasteiger partial charge in [0.15, 0.2) is 11.6 Å². The van der Waals surface area contributed by atoms with Gasteiger partial charge in [0.1, 0.15) is 18.3 Å². The SMILES string of the molecule is CCCCCCCC/C=C\CCCCCCCCOC(C(O)C(C)=O)C(O)C(C)=O.